The second-order valence-corrected chi connectivity index (χ2v) is 4.30. The van der Waals surface area contributed by atoms with Crippen LogP contribution in [0.4, 0.5) is 0 Å². The lowest BCUT2D eigenvalue weighted by atomic mass is 10.1. The number of aromatic amines is 1. The van der Waals surface area contributed by atoms with Crippen molar-refractivity contribution >= 4 is 11.0 Å². The normalized spacial score (nSPS) is 10.3. The van der Waals surface area contributed by atoms with Crippen molar-refractivity contribution in [1.29, 1.82) is 0 Å². The van der Waals surface area contributed by atoms with E-state index in [0.29, 0.717) is 0 Å². The predicted octanol–water partition coefficient (Wildman–Crippen LogP) is -0.540. The van der Waals surface area contributed by atoms with Gasteiger partial charge in [-0.2, -0.15) is 0 Å². The Labute approximate surface area is 112 Å². The topological polar surface area (TPSA) is 32.6 Å². The van der Waals surface area contributed by atoms with Crippen molar-refractivity contribution in [3.63, 3.8) is 0 Å². The quantitative estimate of drug-likeness (QED) is 0.585. The lowest BCUT2D eigenvalue weighted by Crippen LogP contribution is -3.00. The Kier molecular flexibility index (Phi) is 3.34. The van der Waals surface area contributed by atoms with E-state index in [2.05, 4.69) is 35.9 Å². The molecule has 0 saturated carbocycles. The third-order valence-electron chi connectivity index (χ3n) is 3.04. The van der Waals surface area contributed by atoms with Gasteiger partial charge in [-0.25, -0.2) is 9.55 Å². The Morgan fingerprint density at radius 3 is 2.39 bits per heavy atom. The zero-order valence-electron chi connectivity index (χ0n) is 10.3. The van der Waals surface area contributed by atoms with Gasteiger partial charge in [0.1, 0.15) is 5.52 Å². The Morgan fingerprint density at radius 1 is 1.00 bits per heavy atom. The van der Waals surface area contributed by atoms with E-state index in [0.717, 1.165) is 17.0 Å². The molecular weight excluding hydrogens is 246 g/mol. The molecule has 0 amide bonds. The summed E-state index contributed by atoms with van der Waals surface area (Å²) < 4.78 is 1.98. The molecule has 1 aromatic carbocycles. The Balaban J connectivity index is 0.00000120. The lowest BCUT2D eigenvalue weighted by Gasteiger charge is -1.94. The third-order valence-corrected chi connectivity index (χ3v) is 3.04. The van der Waals surface area contributed by atoms with Crippen LogP contribution in [0.1, 0.15) is 11.1 Å². The van der Waals surface area contributed by atoms with E-state index in [-0.39, 0.29) is 12.4 Å². The fourth-order valence-electron chi connectivity index (χ4n) is 1.92. The number of hydrogen-bond donors (Lipinski definition) is 1. The van der Waals surface area contributed by atoms with Crippen LogP contribution in [0.2, 0.25) is 0 Å². The van der Waals surface area contributed by atoms with Gasteiger partial charge in [0.2, 0.25) is 0 Å². The molecule has 2 aromatic heterocycles. The van der Waals surface area contributed by atoms with Crippen LogP contribution in [-0.2, 0) is 0 Å². The molecule has 3 rings (SSSR count). The van der Waals surface area contributed by atoms with Gasteiger partial charge in [-0.3, -0.25) is 0 Å². The first-order valence-electron chi connectivity index (χ1n) is 5.68. The van der Waals surface area contributed by atoms with Crippen molar-refractivity contribution in [2.75, 3.05) is 0 Å². The van der Waals surface area contributed by atoms with Crippen molar-refractivity contribution in [3.8, 4) is 5.95 Å². The zero-order chi connectivity index (χ0) is 11.8. The van der Waals surface area contributed by atoms with E-state index in [1.807, 2.05) is 35.2 Å². The number of aryl methyl sites for hydroxylation is 2. The minimum Gasteiger partial charge on any atom is -1.00 e. The van der Waals surface area contributed by atoms with Gasteiger partial charge >= 0.3 is 5.95 Å². The average molecular weight is 260 g/mol. The maximum absolute atomic E-state index is 4.59. The average Bonchev–Trinajstić information content (AvgIpc) is 2.74. The van der Waals surface area contributed by atoms with Gasteiger partial charge in [-0.15, -0.1) is 0 Å². The van der Waals surface area contributed by atoms with E-state index >= 15 is 0 Å². The van der Waals surface area contributed by atoms with Gasteiger partial charge in [0.05, 0.1) is 12.4 Å². The molecule has 3 aromatic rings. The maximum atomic E-state index is 4.59. The van der Waals surface area contributed by atoms with Gasteiger partial charge in [0, 0.05) is 0 Å². The first-order valence-corrected chi connectivity index (χ1v) is 5.68. The fraction of sp³-hybridized carbons (Fsp3) is 0.143. The summed E-state index contributed by atoms with van der Waals surface area (Å²) in [6, 6.07) is 10.2. The number of pyridine rings is 1. The highest BCUT2D eigenvalue weighted by atomic mass is 35.5. The van der Waals surface area contributed by atoms with Crippen molar-refractivity contribution < 1.29 is 17.0 Å². The SMILES string of the molecule is Cc1cc2nc(-[n+]3ccccc3)[nH]c2cc1C.[Cl-]. The summed E-state index contributed by atoms with van der Waals surface area (Å²) in [6.45, 7) is 4.23. The van der Waals surface area contributed by atoms with E-state index in [4.69, 9.17) is 0 Å². The molecule has 0 radical (unpaired) electrons. The monoisotopic (exact) mass is 259 g/mol. The lowest BCUT2D eigenvalue weighted by molar-refractivity contribution is -0.603. The molecule has 2 heterocycles. The van der Waals surface area contributed by atoms with Crippen molar-refractivity contribution in [3.05, 3.63) is 53.9 Å². The third kappa shape index (κ3) is 2.09. The molecule has 4 heteroatoms. The van der Waals surface area contributed by atoms with Gasteiger partial charge in [0.25, 0.3) is 0 Å². The number of nitrogens with zero attached hydrogens (tertiary/aromatic N) is 2. The number of fused-ring (bicyclic) bond motifs is 1. The first kappa shape index (κ1) is 12.6. The van der Waals surface area contributed by atoms with Crippen molar-refractivity contribution in [1.82, 2.24) is 9.97 Å². The first-order chi connectivity index (χ1) is 8.24. The maximum Gasteiger partial charge on any atom is 0.401 e. The molecule has 0 aliphatic carbocycles. The highest BCUT2D eigenvalue weighted by molar-refractivity contribution is 5.77. The van der Waals surface area contributed by atoms with Crippen LogP contribution >= 0.6 is 0 Å². The van der Waals surface area contributed by atoms with Crippen LogP contribution < -0.4 is 17.0 Å². The fourth-order valence-corrected chi connectivity index (χ4v) is 1.92. The number of aromatic nitrogens is 3. The van der Waals surface area contributed by atoms with Crippen molar-refractivity contribution in [2.24, 2.45) is 0 Å². The molecule has 0 aliphatic rings. The summed E-state index contributed by atoms with van der Waals surface area (Å²) in [5, 5.41) is 0. The molecule has 0 atom stereocenters. The molecule has 92 valence electrons. The van der Waals surface area contributed by atoms with E-state index in [9.17, 15) is 0 Å². The second-order valence-electron chi connectivity index (χ2n) is 4.30. The van der Waals surface area contributed by atoms with Crippen LogP contribution in [0.3, 0.4) is 0 Å². The van der Waals surface area contributed by atoms with E-state index in [1.54, 1.807) is 0 Å². The summed E-state index contributed by atoms with van der Waals surface area (Å²) in [4.78, 5) is 7.92. The second kappa shape index (κ2) is 4.78. The number of nitrogens with one attached hydrogen (secondary N) is 1. The summed E-state index contributed by atoms with van der Waals surface area (Å²) in [5.41, 5.74) is 4.65. The molecule has 0 bridgehead atoms. The standard InChI is InChI=1S/C14H14N3.ClH/c1-10-8-12-13(9-11(10)2)16-14(15-12)17-6-4-3-5-7-17;/h3-9H,1-2H3,(H,15,16);1H/q+1;/p-1. The molecule has 0 unspecified atom stereocenters. The van der Waals surface area contributed by atoms with Crippen LogP contribution in [0, 0.1) is 13.8 Å². The van der Waals surface area contributed by atoms with Crippen LogP contribution in [-0.4, -0.2) is 9.97 Å². The molecule has 1 N–H and O–H groups in total. The predicted molar refractivity (Wildman–Crippen MR) is 67.1 cm³/mol. The molecule has 0 fully saturated rings. The largest absolute Gasteiger partial charge is 1.00 e. The molecule has 3 nitrogen and oxygen atoms in total. The van der Waals surface area contributed by atoms with Gasteiger partial charge in [-0.05, 0) is 49.2 Å². The molecule has 0 saturated heterocycles. The number of halogens is 1. The Hall–Kier alpha value is -1.87. The minimum absolute atomic E-state index is 0. The van der Waals surface area contributed by atoms with Gasteiger partial charge in [-0.1, -0.05) is 11.1 Å². The zero-order valence-corrected chi connectivity index (χ0v) is 11.1. The number of hydrogen-bond acceptors (Lipinski definition) is 1. The number of benzene rings is 1. The van der Waals surface area contributed by atoms with Crippen LogP contribution in [0.5, 0.6) is 0 Å². The minimum atomic E-state index is 0. The van der Waals surface area contributed by atoms with Gasteiger partial charge < -0.3 is 12.4 Å². The number of imidazole rings is 1. The molecule has 18 heavy (non-hydrogen) atoms. The molecule has 0 spiro atoms. The van der Waals surface area contributed by atoms with E-state index < -0.39 is 0 Å². The summed E-state index contributed by atoms with van der Waals surface area (Å²) >= 11 is 0. The van der Waals surface area contributed by atoms with Crippen LogP contribution in [0.25, 0.3) is 17.0 Å². The van der Waals surface area contributed by atoms with Crippen LogP contribution in [0.15, 0.2) is 42.7 Å². The Bertz CT molecular complexity index is 635. The Morgan fingerprint density at radius 2 is 1.67 bits per heavy atom. The molecular formula is C14H14ClN3. The summed E-state index contributed by atoms with van der Waals surface area (Å²) in [5.74, 6) is 0.852. The summed E-state index contributed by atoms with van der Waals surface area (Å²) in [7, 11) is 0. The molecule has 0 aliphatic heterocycles. The number of rotatable bonds is 1. The van der Waals surface area contributed by atoms with E-state index in [1.165, 1.54) is 11.1 Å². The van der Waals surface area contributed by atoms with Gasteiger partial charge in [0.15, 0.2) is 5.52 Å². The van der Waals surface area contributed by atoms with Crippen molar-refractivity contribution in [2.45, 2.75) is 13.8 Å². The highest BCUT2D eigenvalue weighted by Crippen LogP contribution is 2.17. The summed E-state index contributed by atoms with van der Waals surface area (Å²) in [6.07, 6.45) is 3.97. The highest BCUT2D eigenvalue weighted by Gasteiger charge is 2.13. The smallest absolute Gasteiger partial charge is 0.401 e. The number of H-pyrrole nitrogens is 1.